The van der Waals surface area contributed by atoms with E-state index in [-0.39, 0.29) is 11.3 Å². The largest absolute Gasteiger partial charge is 0.335 e. The Labute approximate surface area is 146 Å². The van der Waals surface area contributed by atoms with Crippen molar-refractivity contribution in [1.29, 1.82) is 0 Å². The summed E-state index contributed by atoms with van der Waals surface area (Å²) >= 11 is 0. The second-order valence-corrected chi connectivity index (χ2v) is 6.48. The normalized spacial score (nSPS) is 16.6. The molecule has 5 heteroatoms. The van der Waals surface area contributed by atoms with E-state index >= 15 is 0 Å². The summed E-state index contributed by atoms with van der Waals surface area (Å²) in [5.41, 5.74) is 2.30. The molecule has 0 radical (unpaired) electrons. The molecule has 3 aromatic rings. The molecule has 4 rings (SSSR count). The fourth-order valence-corrected chi connectivity index (χ4v) is 3.84. The van der Waals surface area contributed by atoms with Crippen LogP contribution in [0.15, 0.2) is 67.0 Å². The Bertz CT molecular complexity index is 791. The highest BCUT2D eigenvalue weighted by Crippen LogP contribution is 2.40. The second kappa shape index (κ2) is 6.51. The highest BCUT2D eigenvalue weighted by molar-refractivity contribution is 5.90. The van der Waals surface area contributed by atoms with Crippen LogP contribution in [0.3, 0.4) is 0 Å². The molecule has 0 bridgehead atoms. The monoisotopic (exact) mass is 332 g/mol. The summed E-state index contributed by atoms with van der Waals surface area (Å²) in [7, 11) is 0. The third-order valence-electron chi connectivity index (χ3n) is 5.05. The van der Waals surface area contributed by atoms with Crippen molar-refractivity contribution in [2.24, 2.45) is 0 Å². The van der Waals surface area contributed by atoms with E-state index in [9.17, 15) is 4.79 Å². The zero-order valence-electron chi connectivity index (χ0n) is 13.9. The number of carbonyl (C=O) groups is 1. The highest BCUT2D eigenvalue weighted by Gasteiger charge is 2.40. The SMILES string of the molecule is O=C(c1ncn[nH]1)N1CCCC(c2ccccc2)(c2ccccc2)C1. The Morgan fingerprint density at radius 3 is 2.20 bits per heavy atom. The number of amides is 1. The number of nitrogens with one attached hydrogen (secondary N) is 1. The number of nitrogens with zero attached hydrogens (tertiary/aromatic N) is 3. The van der Waals surface area contributed by atoms with E-state index in [0.717, 1.165) is 19.4 Å². The van der Waals surface area contributed by atoms with Gasteiger partial charge < -0.3 is 4.90 Å². The van der Waals surface area contributed by atoms with E-state index in [4.69, 9.17) is 0 Å². The van der Waals surface area contributed by atoms with Gasteiger partial charge >= 0.3 is 0 Å². The molecule has 1 fully saturated rings. The first kappa shape index (κ1) is 15.6. The van der Waals surface area contributed by atoms with Crippen LogP contribution in [0.5, 0.6) is 0 Å². The minimum atomic E-state index is -0.198. The first-order valence-electron chi connectivity index (χ1n) is 8.55. The Morgan fingerprint density at radius 2 is 1.64 bits per heavy atom. The number of hydrogen-bond acceptors (Lipinski definition) is 3. The number of hydrogen-bond donors (Lipinski definition) is 1. The number of piperidine rings is 1. The molecule has 25 heavy (non-hydrogen) atoms. The zero-order valence-corrected chi connectivity index (χ0v) is 13.9. The Balaban J connectivity index is 1.75. The van der Waals surface area contributed by atoms with Crippen LogP contribution in [0, 0.1) is 0 Å². The van der Waals surface area contributed by atoms with Crippen molar-refractivity contribution in [2.45, 2.75) is 18.3 Å². The Morgan fingerprint density at radius 1 is 1.00 bits per heavy atom. The van der Waals surface area contributed by atoms with Gasteiger partial charge in [-0.1, -0.05) is 60.7 Å². The molecule has 1 amide bonds. The first-order chi connectivity index (χ1) is 12.3. The number of benzene rings is 2. The first-order valence-corrected chi connectivity index (χ1v) is 8.55. The number of H-pyrrole nitrogens is 1. The second-order valence-electron chi connectivity index (χ2n) is 6.48. The number of aromatic nitrogens is 3. The third-order valence-corrected chi connectivity index (χ3v) is 5.05. The van der Waals surface area contributed by atoms with E-state index in [2.05, 4.69) is 63.7 Å². The van der Waals surface area contributed by atoms with Crippen LogP contribution in [-0.4, -0.2) is 39.1 Å². The van der Waals surface area contributed by atoms with Gasteiger partial charge in [0.25, 0.3) is 5.91 Å². The summed E-state index contributed by atoms with van der Waals surface area (Å²) in [6, 6.07) is 21.0. The Hall–Kier alpha value is -2.95. The minimum Gasteiger partial charge on any atom is -0.335 e. The van der Waals surface area contributed by atoms with Gasteiger partial charge in [0.1, 0.15) is 6.33 Å². The fraction of sp³-hybridized carbons (Fsp3) is 0.250. The lowest BCUT2D eigenvalue weighted by Crippen LogP contribution is -2.49. The molecule has 1 aliphatic heterocycles. The fourth-order valence-electron chi connectivity index (χ4n) is 3.84. The summed E-state index contributed by atoms with van der Waals surface area (Å²) in [5, 5.41) is 6.50. The number of rotatable bonds is 3. The molecule has 0 spiro atoms. The standard InChI is InChI=1S/C20H20N4O/c25-19(18-21-15-22-23-18)24-13-7-12-20(14-24,16-8-3-1-4-9-16)17-10-5-2-6-11-17/h1-6,8-11,15H,7,12-14H2,(H,21,22,23). The van der Waals surface area contributed by atoms with Gasteiger partial charge in [-0.3, -0.25) is 9.89 Å². The van der Waals surface area contributed by atoms with Gasteiger partial charge in [0, 0.05) is 18.5 Å². The van der Waals surface area contributed by atoms with Crippen molar-refractivity contribution in [2.75, 3.05) is 13.1 Å². The van der Waals surface area contributed by atoms with Gasteiger partial charge in [0.05, 0.1) is 0 Å². The predicted octanol–water partition coefficient (Wildman–Crippen LogP) is 3.03. The van der Waals surface area contributed by atoms with Crippen LogP contribution in [0.2, 0.25) is 0 Å². The zero-order chi connectivity index (χ0) is 17.1. The van der Waals surface area contributed by atoms with Crippen molar-refractivity contribution in [3.63, 3.8) is 0 Å². The molecule has 0 aliphatic carbocycles. The lowest BCUT2D eigenvalue weighted by Gasteiger charge is -2.43. The topological polar surface area (TPSA) is 61.9 Å². The number of aromatic amines is 1. The molecule has 2 heterocycles. The lowest BCUT2D eigenvalue weighted by atomic mass is 9.69. The van der Waals surface area contributed by atoms with E-state index in [1.807, 2.05) is 17.0 Å². The highest BCUT2D eigenvalue weighted by atomic mass is 16.2. The molecule has 2 aromatic carbocycles. The van der Waals surface area contributed by atoms with Gasteiger partial charge in [-0.05, 0) is 24.0 Å². The number of carbonyl (C=O) groups excluding carboxylic acids is 1. The summed E-state index contributed by atoms with van der Waals surface area (Å²) < 4.78 is 0. The average molecular weight is 332 g/mol. The minimum absolute atomic E-state index is 0.0894. The molecule has 0 atom stereocenters. The molecule has 1 saturated heterocycles. The lowest BCUT2D eigenvalue weighted by molar-refractivity contribution is 0.0654. The van der Waals surface area contributed by atoms with Crippen LogP contribution in [0.4, 0.5) is 0 Å². The maximum absolute atomic E-state index is 12.8. The van der Waals surface area contributed by atoms with Crippen LogP contribution in [0.1, 0.15) is 34.6 Å². The van der Waals surface area contributed by atoms with Crippen molar-refractivity contribution >= 4 is 5.91 Å². The quantitative estimate of drug-likeness (QED) is 0.802. The van der Waals surface area contributed by atoms with Crippen molar-refractivity contribution in [3.8, 4) is 0 Å². The van der Waals surface area contributed by atoms with Crippen molar-refractivity contribution in [3.05, 3.63) is 83.9 Å². The van der Waals surface area contributed by atoms with E-state index < -0.39 is 0 Å². The third kappa shape index (κ3) is 2.82. The molecule has 0 saturated carbocycles. The summed E-state index contributed by atoms with van der Waals surface area (Å²) in [6.07, 6.45) is 3.34. The summed E-state index contributed by atoms with van der Waals surface area (Å²) in [5.74, 6) is 0.213. The predicted molar refractivity (Wildman–Crippen MR) is 95.2 cm³/mol. The Kier molecular flexibility index (Phi) is 4.06. The van der Waals surface area contributed by atoms with Crippen LogP contribution < -0.4 is 0 Å². The maximum atomic E-state index is 12.8. The van der Waals surface area contributed by atoms with E-state index in [0.29, 0.717) is 12.4 Å². The summed E-state index contributed by atoms with van der Waals surface area (Å²) in [4.78, 5) is 18.7. The van der Waals surface area contributed by atoms with E-state index in [1.54, 1.807) is 0 Å². The summed E-state index contributed by atoms with van der Waals surface area (Å²) in [6.45, 7) is 1.38. The van der Waals surface area contributed by atoms with Gasteiger partial charge in [-0.2, -0.15) is 5.10 Å². The van der Waals surface area contributed by atoms with E-state index in [1.165, 1.54) is 17.5 Å². The molecular formula is C20H20N4O. The molecule has 1 N–H and O–H groups in total. The average Bonchev–Trinajstić information content (AvgIpc) is 3.23. The van der Waals surface area contributed by atoms with Gasteiger partial charge in [0.2, 0.25) is 5.82 Å². The van der Waals surface area contributed by atoms with Gasteiger partial charge in [-0.15, -0.1) is 0 Å². The van der Waals surface area contributed by atoms with Crippen molar-refractivity contribution < 1.29 is 4.79 Å². The van der Waals surface area contributed by atoms with Gasteiger partial charge in [-0.25, -0.2) is 4.98 Å². The van der Waals surface area contributed by atoms with Crippen LogP contribution in [-0.2, 0) is 5.41 Å². The molecule has 126 valence electrons. The smallest absolute Gasteiger partial charge is 0.291 e. The van der Waals surface area contributed by atoms with Crippen LogP contribution in [0.25, 0.3) is 0 Å². The van der Waals surface area contributed by atoms with Crippen LogP contribution >= 0.6 is 0 Å². The number of likely N-dealkylation sites (tertiary alicyclic amines) is 1. The maximum Gasteiger partial charge on any atom is 0.291 e. The molecule has 1 aromatic heterocycles. The molecule has 1 aliphatic rings. The van der Waals surface area contributed by atoms with Crippen molar-refractivity contribution in [1.82, 2.24) is 20.1 Å². The molecule has 0 unspecified atom stereocenters. The molecule has 5 nitrogen and oxygen atoms in total. The molecular weight excluding hydrogens is 312 g/mol. The van der Waals surface area contributed by atoms with Gasteiger partial charge in [0.15, 0.2) is 0 Å².